The van der Waals surface area contributed by atoms with Crippen LogP contribution in [0.15, 0.2) is 36.7 Å². The van der Waals surface area contributed by atoms with E-state index in [-0.39, 0.29) is 43.3 Å². The molecule has 4 fully saturated rings. The van der Waals surface area contributed by atoms with E-state index in [1.165, 1.54) is 4.90 Å². The maximum Gasteiger partial charge on any atom is 0.318 e. The quantitative estimate of drug-likeness (QED) is 0.274. The Morgan fingerprint density at radius 1 is 1.30 bits per heavy atom. The van der Waals surface area contributed by atoms with E-state index in [1.54, 1.807) is 0 Å². The largest absolute Gasteiger partial charge is 0.462 e. The van der Waals surface area contributed by atoms with Gasteiger partial charge < -0.3 is 14.5 Å². The Bertz CT molecular complexity index is 1480. The first-order valence-corrected chi connectivity index (χ1v) is 16.3. The fourth-order valence-electron chi connectivity index (χ4n) is 7.48. The zero-order chi connectivity index (χ0) is 31.2. The number of rotatable bonds is 9. The second kappa shape index (κ2) is 12.5. The summed E-state index contributed by atoms with van der Waals surface area (Å²) in [6.07, 6.45) is 4.59. The third-order valence-electron chi connectivity index (χ3n) is 10.1. The van der Waals surface area contributed by atoms with Gasteiger partial charge in [0.1, 0.15) is 18.1 Å². The van der Waals surface area contributed by atoms with Crippen LogP contribution in [0.4, 0.5) is 14.6 Å². The fourth-order valence-corrected chi connectivity index (χ4v) is 8.37. The van der Waals surface area contributed by atoms with E-state index in [4.69, 9.17) is 26.3 Å². The van der Waals surface area contributed by atoms with Gasteiger partial charge in [-0.15, -0.1) is 9.24 Å². The van der Waals surface area contributed by atoms with Crippen LogP contribution in [0.5, 0.6) is 6.01 Å². The van der Waals surface area contributed by atoms with E-state index >= 15 is 4.39 Å². The van der Waals surface area contributed by atoms with Crippen LogP contribution in [0, 0.1) is 17.2 Å². The second-order valence-corrected chi connectivity index (χ2v) is 13.7. The van der Waals surface area contributed by atoms with Gasteiger partial charge in [-0.1, -0.05) is 36.4 Å². The molecule has 0 radical (unpaired) electrons. The van der Waals surface area contributed by atoms with Crippen molar-refractivity contribution < 1.29 is 18.3 Å². The van der Waals surface area contributed by atoms with Crippen molar-refractivity contribution in [2.24, 2.45) is 5.92 Å². The molecule has 2 aromatic rings. The number of alkyl halides is 1. The summed E-state index contributed by atoms with van der Waals surface area (Å²) in [6, 6.07) is 9.62. The van der Waals surface area contributed by atoms with Gasteiger partial charge in [-0.3, -0.25) is 9.69 Å². The first-order chi connectivity index (χ1) is 21.1. The molecule has 5 atom stereocenters. The summed E-state index contributed by atoms with van der Waals surface area (Å²) < 4.78 is 35.3. The molecule has 3 aliphatic heterocycles. The van der Waals surface area contributed by atoms with Gasteiger partial charge in [0.15, 0.2) is 5.83 Å². The lowest BCUT2D eigenvalue weighted by Gasteiger charge is -2.42. The minimum Gasteiger partial charge on any atom is -0.462 e. The monoisotopic (exact) mass is 642 g/mol. The highest BCUT2D eigenvalue weighted by Gasteiger charge is 2.62. The number of halogens is 3. The van der Waals surface area contributed by atoms with Crippen LogP contribution in [-0.2, 0) is 17.6 Å². The summed E-state index contributed by atoms with van der Waals surface area (Å²) in [5.41, 5.74) is 1.82. The van der Waals surface area contributed by atoms with E-state index in [9.17, 15) is 14.4 Å². The molecule has 44 heavy (non-hydrogen) atoms. The number of nitriles is 1. The molecule has 1 aromatic carbocycles. The summed E-state index contributed by atoms with van der Waals surface area (Å²) in [5.74, 6) is -0.789. The zero-order valence-electron chi connectivity index (χ0n) is 24.9. The second-order valence-electron chi connectivity index (χ2n) is 12.6. The molecule has 5 aliphatic rings. The van der Waals surface area contributed by atoms with Gasteiger partial charge in [0, 0.05) is 41.9 Å². The van der Waals surface area contributed by atoms with Gasteiger partial charge in [0.2, 0.25) is 0 Å². The Labute approximate surface area is 264 Å². The van der Waals surface area contributed by atoms with E-state index in [1.807, 2.05) is 25.2 Å². The SMILES string of the molecule is C=C(F)C(=O)N1CCN(c2nc(OCC3N(C)C4CC3(F)C4)nc3c2CCC(CCc2ccccc2Cl)C3P)CC1CC#N. The first kappa shape index (κ1) is 31.1. The number of amides is 1. The zero-order valence-corrected chi connectivity index (χ0v) is 26.8. The first-order valence-electron chi connectivity index (χ1n) is 15.3. The summed E-state index contributed by atoms with van der Waals surface area (Å²) in [4.78, 5) is 27.8. The van der Waals surface area contributed by atoms with Crippen LogP contribution in [0.3, 0.4) is 0 Å². The average molecular weight is 643 g/mol. The van der Waals surface area contributed by atoms with Crippen molar-refractivity contribution in [3.05, 3.63) is 58.5 Å². The molecule has 0 spiro atoms. The predicted octanol–water partition coefficient (Wildman–Crippen LogP) is 5.22. The van der Waals surface area contributed by atoms with Gasteiger partial charge in [0.25, 0.3) is 5.91 Å². The molecule has 0 N–H and O–H groups in total. The number of hydrogen-bond acceptors (Lipinski definition) is 7. The van der Waals surface area contributed by atoms with Crippen molar-refractivity contribution in [1.29, 1.82) is 5.26 Å². The number of hydrogen-bond donors (Lipinski definition) is 0. The molecule has 1 saturated carbocycles. The number of aromatic nitrogens is 2. The highest BCUT2D eigenvalue weighted by Crippen LogP contribution is 2.51. The minimum atomic E-state index is -1.24. The summed E-state index contributed by atoms with van der Waals surface area (Å²) in [5, 5.41) is 10.3. The van der Waals surface area contributed by atoms with Crippen molar-refractivity contribution >= 4 is 32.6 Å². The molecular formula is C32H38ClF2N6O2P. The van der Waals surface area contributed by atoms with Gasteiger partial charge in [-0.05, 0) is 63.1 Å². The molecule has 5 unspecified atom stereocenters. The van der Waals surface area contributed by atoms with Crippen LogP contribution in [-0.4, -0.2) is 82.8 Å². The Morgan fingerprint density at radius 3 is 2.75 bits per heavy atom. The molecule has 8 nitrogen and oxygen atoms in total. The number of nitrogens with zero attached hydrogens (tertiary/aromatic N) is 6. The highest BCUT2D eigenvalue weighted by molar-refractivity contribution is 7.17. The molecule has 2 bridgehead atoms. The van der Waals surface area contributed by atoms with Crippen LogP contribution in [0.1, 0.15) is 54.6 Å². The smallest absolute Gasteiger partial charge is 0.318 e. The Balaban J connectivity index is 1.28. The minimum absolute atomic E-state index is 0.0347. The third-order valence-corrected chi connectivity index (χ3v) is 11.3. The number of likely N-dealkylation sites (N-methyl/N-ethyl adjacent to an activating group) is 1. The number of ether oxygens (including phenoxy) is 1. The molecule has 7 rings (SSSR count). The molecule has 4 heterocycles. The number of carbonyl (C=O) groups excluding carboxylic acids is 1. The van der Waals surface area contributed by atoms with E-state index in [2.05, 4.69) is 37.8 Å². The standard InChI is InChI=1S/C32H38ClF2N6O2P/c1-19(34)30(42)41-14-13-40(17-22(41)11-12-36)29-24-10-9-21(8-7-20-5-3-4-6-25(20)33)28(44)27(24)37-31(38-29)43-18-26-32(35)15-23(16-32)39(26)2/h3-6,21-23,26,28H,1,7-11,13-18,44H2,2H3. The Morgan fingerprint density at radius 2 is 2.07 bits per heavy atom. The van der Waals surface area contributed by atoms with Gasteiger partial charge in [0.05, 0.1) is 30.3 Å². The average Bonchev–Trinajstić information content (AvgIpc) is 3.38. The molecular weight excluding hydrogens is 605 g/mol. The normalized spacial score (nSPS) is 29.5. The van der Waals surface area contributed by atoms with Crippen molar-refractivity contribution in [1.82, 2.24) is 19.8 Å². The molecule has 2 aliphatic carbocycles. The molecule has 1 aromatic heterocycles. The Kier molecular flexibility index (Phi) is 8.85. The van der Waals surface area contributed by atoms with Gasteiger partial charge in [-0.2, -0.15) is 15.2 Å². The number of carbonyl (C=O) groups is 1. The van der Waals surface area contributed by atoms with Gasteiger partial charge >= 0.3 is 6.01 Å². The number of benzene rings is 1. The maximum atomic E-state index is 15.3. The number of aryl methyl sites for hydroxylation is 1. The molecule has 234 valence electrons. The van der Waals surface area contributed by atoms with Crippen LogP contribution in [0.25, 0.3) is 0 Å². The number of fused-ring (bicyclic) bond motifs is 2. The lowest BCUT2D eigenvalue weighted by atomic mass is 9.80. The van der Waals surface area contributed by atoms with Crippen molar-refractivity contribution in [2.75, 3.05) is 38.2 Å². The van der Waals surface area contributed by atoms with Crippen molar-refractivity contribution in [3.8, 4) is 12.1 Å². The fraction of sp³-hybridized carbons (Fsp3) is 0.562. The highest BCUT2D eigenvalue weighted by atomic mass is 35.5. The maximum absolute atomic E-state index is 15.3. The van der Waals surface area contributed by atoms with E-state index < -0.39 is 23.4 Å². The number of piperazine rings is 1. The van der Waals surface area contributed by atoms with Crippen molar-refractivity contribution in [2.45, 2.75) is 74.4 Å². The van der Waals surface area contributed by atoms with Crippen LogP contribution in [0.2, 0.25) is 5.02 Å². The predicted molar refractivity (Wildman–Crippen MR) is 168 cm³/mol. The molecule has 3 saturated heterocycles. The Hall–Kier alpha value is -2.86. The van der Waals surface area contributed by atoms with Crippen LogP contribution < -0.4 is 9.64 Å². The lowest BCUT2D eigenvalue weighted by molar-refractivity contribution is -0.131. The molecule has 1 amide bonds. The van der Waals surface area contributed by atoms with Crippen molar-refractivity contribution in [3.63, 3.8) is 0 Å². The summed E-state index contributed by atoms with van der Waals surface area (Å²) in [6.45, 7) is 4.26. The van der Waals surface area contributed by atoms with E-state index in [0.717, 1.165) is 47.5 Å². The topological polar surface area (TPSA) is 85.6 Å². The molecule has 12 heteroatoms. The third kappa shape index (κ3) is 5.79. The van der Waals surface area contributed by atoms with E-state index in [0.29, 0.717) is 37.7 Å². The van der Waals surface area contributed by atoms with Gasteiger partial charge in [-0.25, -0.2) is 8.78 Å². The summed E-state index contributed by atoms with van der Waals surface area (Å²) >= 11 is 6.44. The lowest BCUT2D eigenvalue weighted by Crippen LogP contribution is -2.55. The van der Waals surface area contributed by atoms with Crippen LogP contribution >= 0.6 is 20.8 Å². The number of anilines is 1. The summed E-state index contributed by atoms with van der Waals surface area (Å²) in [7, 11) is 4.92.